The molecule has 2 N–H and O–H groups in total. The first-order valence-corrected chi connectivity index (χ1v) is 9.57. The Bertz CT molecular complexity index is 700. The largest absolute Gasteiger partial charge is 0.493 e. The Morgan fingerprint density at radius 2 is 1.86 bits per heavy atom. The number of ether oxygens (including phenoxy) is 3. The topological polar surface area (TPSA) is 103 Å². The van der Waals surface area contributed by atoms with Gasteiger partial charge in [0.1, 0.15) is 0 Å². The summed E-state index contributed by atoms with van der Waals surface area (Å²) < 4.78 is 15.8. The van der Waals surface area contributed by atoms with Crippen LogP contribution in [-0.2, 0) is 9.53 Å². The zero-order valence-electron chi connectivity index (χ0n) is 16.6. The van der Waals surface area contributed by atoms with Gasteiger partial charge in [-0.3, -0.25) is 10.1 Å². The number of esters is 1. The van der Waals surface area contributed by atoms with E-state index in [0.717, 1.165) is 25.7 Å². The first kappa shape index (κ1) is 21.5. The van der Waals surface area contributed by atoms with Gasteiger partial charge in [-0.25, -0.2) is 9.59 Å². The molecule has 1 fully saturated rings. The van der Waals surface area contributed by atoms with Crippen molar-refractivity contribution < 1.29 is 28.6 Å². The minimum atomic E-state index is -1.12. The summed E-state index contributed by atoms with van der Waals surface area (Å²) >= 11 is 0. The molecule has 8 nitrogen and oxygen atoms in total. The third-order valence-corrected chi connectivity index (χ3v) is 4.53. The number of carbonyl (C=O) groups is 3. The van der Waals surface area contributed by atoms with Gasteiger partial charge in [-0.05, 0) is 44.9 Å². The average Bonchev–Trinajstić information content (AvgIpc) is 2.69. The maximum atomic E-state index is 12.3. The molecule has 3 amide bonds. The molecule has 1 saturated carbocycles. The summed E-state index contributed by atoms with van der Waals surface area (Å²) in [6.45, 7) is 3.71. The second-order valence-electron chi connectivity index (χ2n) is 6.64. The monoisotopic (exact) mass is 392 g/mol. The molecule has 0 aromatic heterocycles. The fourth-order valence-corrected chi connectivity index (χ4v) is 3.03. The van der Waals surface area contributed by atoms with Crippen LogP contribution in [0.2, 0.25) is 0 Å². The van der Waals surface area contributed by atoms with Gasteiger partial charge in [-0.1, -0.05) is 19.3 Å². The normalized spacial score (nSPS) is 15.2. The number of imide groups is 1. The highest BCUT2D eigenvalue weighted by Gasteiger charge is 2.23. The van der Waals surface area contributed by atoms with Gasteiger partial charge in [-0.15, -0.1) is 0 Å². The van der Waals surface area contributed by atoms with Crippen LogP contribution >= 0.6 is 0 Å². The SMILES string of the molecule is CCOc1ccc(C(=O)O[C@H](C)C(=O)NC(=O)NC2CCCCC2)cc1OC. The summed E-state index contributed by atoms with van der Waals surface area (Å²) in [5, 5.41) is 5.00. The Morgan fingerprint density at radius 3 is 2.50 bits per heavy atom. The fourth-order valence-electron chi connectivity index (χ4n) is 3.03. The molecule has 2 rings (SSSR count). The van der Waals surface area contributed by atoms with E-state index in [1.54, 1.807) is 6.07 Å². The van der Waals surface area contributed by atoms with Crippen molar-refractivity contribution in [1.82, 2.24) is 10.6 Å². The zero-order valence-corrected chi connectivity index (χ0v) is 16.6. The molecule has 0 bridgehead atoms. The van der Waals surface area contributed by atoms with Crippen molar-refractivity contribution in [2.45, 2.75) is 58.1 Å². The Kier molecular flexibility index (Phi) is 8.10. The van der Waals surface area contributed by atoms with E-state index in [1.807, 2.05) is 6.92 Å². The molecule has 0 unspecified atom stereocenters. The van der Waals surface area contributed by atoms with Gasteiger partial charge in [0.25, 0.3) is 5.91 Å². The van der Waals surface area contributed by atoms with Gasteiger partial charge < -0.3 is 19.5 Å². The quantitative estimate of drug-likeness (QED) is 0.692. The van der Waals surface area contributed by atoms with Crippen LogP contribution in [0.5, 0.6) is 11.5 Å². The van der Waals surface area contributed by atoms with Crippen molar-refractivity contribution in [2.75, 3.05) is 13.7 Å². The van der Waals surface area contributed by atoms with Crippen molar-refractivity contribution in [2.24, 2.45) is 0 Å². The number of rotatable bonds is 7. The van der Waals surface area contributed by atoms with E-state index in [1.165, 1.54) is 32.6 Å². The molecule has 1 aromatic rings. The number of hydrogen-bond donors (Lipinski definition) is 2. The Balaban J connectivity index is 1.88. The molecule has 28 heavy (non-hydrogen) atoms. The highest BCUT2D eigenvalue weighted by molar-refractivity contribution is 5.98. The van der Waals surface area contributed by atoms with E-state index in [2.05, 4.69) is 10.6 Å². The molecule has 1 aliphatic rings. The molecule has 8 heteroatoms. The minimum Gasteiger partial charge on any atom is -0.493 e. The number of benzene rings is 1. The van der Waals surface area contributed by atoms with Crippen molar-refractivity contribution in [1.29, 1.82) is 0 Å². The smallest absolute Gasteiger partial charge is 0.339 e. The molecular weight excluding hydrogens is 364 g/mol. The van der Waals surface area contributed by atoms with Crippen LogP contribution in [0.3, 0.4) is 0 Å². The highest BCUT2D eigenvalue weighted by atomic mass is 16.5. The van der Waals surface area contributed by atoms with Crippen molar-refractivity contribution in [3.05, 3.63) is 23.8 Å². The maximum Gasteiger partial charge on any atom is 0.339 e. The number of hydrogen-bond acceptors (Lipinski definition) is 6. The van der Waals surface area contributed by atoms with Gasteiger partial charge in [0, 0.05) is 6.04 Å². The predicted octanol–water partition coefficient (Wildman–Crippen LogP) is 2.80. The average molecular weight is 392 g/mol. The van der Waals surface area contributed by atoms with E-state index >= 15 is 0 Å². The summed E-state index contributed by atoms with van der Waals surface area (Å²) in [5.74, 6) is -0.483. The lowest BCUT2D eigenvalue weighted by Gasteiger charge is -2.23. The standard InChI is InChI=1S/C20H28N2O6/c1-4-27-16-11-10-14(12-17(16)26-3)19(24)28-13(2)18(23)22-20(25)21-15-8-6-5-7-9-15/h10-13,15H,4-9H2,1-3H3,(H2,21,22,23,25)/t13-/m1/s1. The van der Waals surface area contributed by atoms with Gasteiger partial charge in [-0.2, -0.15) is 0 Å². The van der Waals surface area contributed by atoms with Gasteiger partial charge in [0.05, 0.1) is 19.3 Å². The summed E-state index contributed by atoms with van der Waals surface area (Å²) in [7, 11) is 1.47. The number of nitrogens with one attached hydrogen (secondary N) is 2. The molecule has 0 saturated heterocycles. The van der Waals surface area contributed by atoms with Crippen molar-refractivity contribution in [3.8, 4) is 11.5 Å². The van der Waals surface area contributed by atoms with Crippen LogP contribution in [0.15, 0.2) is 18.2 Å². The van der Waals surface area contributed by atoms with Crippen LogP contribution in [0.4, 0.5) is 4.79 Å². The second kappa shape index (κ2) is 10.5. The third-order valence-electron chi connectivity index (χ3n) is 4.53. The number of carbonyl (C=O) groups excluding carboxylic acids is 3. The van der Waals surface area contributed by atoms with Gasteiger partial charge >= 0.3 is 12.0 Å². The number of amides is 3. The van der Waals surface area contributed by atoms with Gasteiger partial charge in [0.15, 0.2) is 17.6 Å². The molecular formula is C20H28N2O6. The highest BCUT2D eigenvalue weighted by Crippen LogP contribution is 2.28. The molecule has 1 atom stereocenters. The van der Waals surface area contributed by atoms with Crippen LogP contribution in [0.25, 0.3) is 0 Å². The lowest BCUT2D eigenvalue weighted by Crippen LogP contribution is -2.48. The van der Waals surface area contributed by atoms with Gasteiger partial charge in [0.2, 0.25) is 0 Å². The van der Waals surface area contributed by atoms with Crippen LogP contribution in [-0.4, -0.2) is 43.8 Å². The molecule has 0 heterocycles. The first-order valence-electron chi connectivity index (χ1n) is 9.57. The van der Waals surface area contributed by atoms with Crippen molar-refractivity contribution in [3.63, 3.8) is 0 Å². The molecule has 1 aromatic carbocycles. The van der Waals surface area contributed by atoms with E-state index in [-0.39, 0.29) is 11.6 Å². The summed E-state index contributed by atoms with van der Waals surface area (Å²) in [6.07, 6.45) is 4.00. The zero-order chi connectivity index (χ0) is 20.5. The van der Waals surface area contributed by atoms with E-state index in [9.17, 15) is 14.4 Å². The van der Waals surface area contributed by atoms with Crippen LogP contribution in [0, 0.1) is 0 Å². The van der Waals surface area contributed by atoms with Crippen LogP contribution < -0.4 is 20.1 Å². The van der Waals surface area contributed by atoms with E-state index in [4.69, 9.17) is 14.2 Å². The molecule has 0 aliphatic heterocycles. The third kappa shape index (κ3) is 6.14. The molecule has 154 valence electrons. The second-order valence-corrected chi connectivity index (χ2v) is 6.64. The lowest BCUT2D eigenvalue weighted by molar-refractivity contribution is -0.127. The number of methoxy groups -OCH3 is 1. The predicted molar refractivity (Wildman–Crippen MR) is 103 cm³/mol. The summed E-state index contributed by atoms with van der Waals surface area (Å²) in [4.78, 5) is 36.4. The lowest BCUT2D eigenvalue weighted by atomic mass is 9.96. The van der Waals surface area contributed by atoms with Crippen molar-refractivity contribution >= 4 is 17.9 Å². The maximum absolute atomic E-state index is 12.3. The summed E-state index contributed by atoms with van der Waals surface area (Å²) in [6, 6.07) is 4.11. The van der Waals surface area contributed by atoms with E-state index < -0.39 is 24.0 Å². The molecule has 1 aliphatic carbocycles. The minimum absolute atomic E-state index is 0.0794. The molecule has 0 spiro atoms. The summed E-state index contributed by atoms with van der Waals surface area (Å²) in [5.41, 5.74) is 0.214. The van der Waals surface area contributed by atoms with Crippen LogP contribution in [0.1, 0.15) is 56.3 Å². The fraction of sp³-hybridized carbons (Fsp3) is 0.550. The Hall–Kier alpha value is -2.77. The van der Waals surface area contributed by atoms with E-state index in [0.29, 0.717) is 18.1 Å². The Morgan fingerprint density at radius 1 is 1.14 bits per heavy atom. The Labute approximate surface area is 164 Å². The molecule has 0 radical (unpaired) electrons. The first-order chi connectivity index (χ1) is 13.4. The number of urea groups is 1.